The van der Waals surface area contributed by atoms with Crippen molar-refractivity contribution in [2.24, 2.45) is 0 Å². The lowest BCUT2D eigenvalue weighted by Crippen LogP contribution is -2.22. The zero-order valence-electron chi connectivity index (χ0n) is 9.67. The molecule has 1 heterocycles. The minimum atomic E-state index is -2.47. The van der Waals surface area contributed by atoms with Crippen LogP contribution in [-0.2, 0) is 0 Å². The predicted octanol–water partition coefficient (Wildman–Crippen LogP) is 2.41. The van der Waals surface area contributed by atoms with Crippen molar-refractivity contribution in [1.29, 1.82) is 0 Å². The molecule has 0 bridgehead atoms. The predicted molar refractivity (Wildman–Crippen MR) is 62.8 cm³/mol. The fraction of sp³-hybridized carbons (Fsp3) is 0.500. The molecule has 0 radical (unpaired) electrons. The minimum Gasteiger partial charge on any atom is -0.495 e. The Labute approximate surface area is 99.2 Å². The summed E-state index contributed by atoms with van der Waals surface area (Å²) >= 11 is 0. The molecule has 0 aliphatic carbocycles. The van der Waals surface area contributed by atoms with Crippen LogP contribution >= 0.6 is 0 Å². The summed E-state index contributed by atoms with van der Waals surface area (Å²) in [7, 11) is 1.49. The Bertz CT molecular complexity index is 379. The van der Waals surface area contributed by atoms with Gasteiger partial charge in [-0.15, -0.1) is 0 Å². The zero-order chi connectivity index (χ0) is 12.3. The summed E-state index contributed by atoms with van der Waals surface area (Å²) in [5.41, 5.74) is 0.752. The quantitative estimate of drug-likeness (QED) is 0.850. The molecule has 3 nitrogen and oxygen atoms in total. The first-order valence-electron chi connectivity index (χ1n) is 5.64. The lowest BCUT2D eigenvalue weighted by Gasteiger charge is -2.16. The van der Waals surface area contributed by atoms with Gasteiger partial charge in [0.25, 0.3) is 6.43 Å². The van der Waals surface area contributed by atoms with Crippen LogP contribution in [0.2, 0.25) is 0 Å². The number of hydrogen-bond acceptors (Lipinski definition) is 3. The van der Waals surface area contributed by atoms with E-state index in [0.29, 0.717) is 11.8 Å². The first kappa shape index (κ1) is 12.1. The summed E-state index contributed by atoms with van der Waals surface area (Å²) in [4.78, 5) is 0. The van der Waals surface area contributed by atoms with Gasteiger partial charge >= 0.3 is 0 Å². The largest absolute Gasteiger partial charge is 0.495 e. The molecular formula is C12H16F2N2O. The van der Waals surface area contributed by atoms with Crippen LogP contribution in [0.5, 0.6) is 5.75 Å². The number of benzene rings is 1. The average molecular weight is 242 g/mol. The van der Waals surface area contributed by atoms with E-state index in [1.807, 2.05) is 0 Å². The van der Waals surface area contributed by atoms with E-state index < -0.39 is 6.43 Å². The van der Waals surface area contributed by atoms with Gasteiger partial charge in [-0.3, -0.25) is 0 Å². The number of alkyl halides is 2. The van der Waals surface area contributed by atoms with Crippen molar-refractivity contribution in [3.8, 4) is 5.75 Å². The third kappa shape index (κ3) is 2.85. The molecule has 1 aliphatic rings. The van der Waals surface area contributed by atoms with Gasteiger partial charge in [0.15, 0.2) is 0 Å². The molecule has 0 aromatic heterocycles. The Morgan fingerprint density at radius 1 is 1.47 bits per heavy atom. The van der Waals surface area contributed by atoms with Crippen LogP contribution in [0.15, 0.2) is 18.2 Å². The number of halogens is 2. The van der Waals surface area contributed by atoms with E-state index in [2.05, 4.69) is 10.6 Å². The maximum atomic E-state index is 12.5. The van der Waals surface area contributed by atoms with Crippen molar-refractivity contribution in [2.75, 3.05) is 25.5 Å². The molecule has 5 heteroatoms. The Balaban J connectivity index is 2.15. The van der Waals surface area contributed by atoms with Gasteiger partial charge in [0.2, 0.25) is 0 Å². The van der Waals surface area contributed by atoms with Crippen LogP contribution in [-0.4, -0.2) is 26.2 Å². The molecule has 0 saturated carbocycles. The fourth-order valence-corrected chi connectivity index (χ4v) is 1.96. The van der Waals surface area contributed by atoms with Gasteiger partial charge in [0.1, 0.15) is 5.75 Å². The van der Waals surface area contributed by atoms with Gasteiger partial charge in [0.05, 0.1) is 12.8 Å². The summed E-state index contributed by atoms with van der Waals surface area (Å²) in [6.07, 6.45) is -1.44. The van der Waals surface area contributed by atoms with Crippen LogP contribution in [0.25, 0.3) is 0 Å². The van der Waals surface area contributed by atoms with E-state index >= 15 is 0 Å². The zero-order valence-corrected chi connectivity index (χ0v) is 9.67. The first-order chi connectivity index (χ1) is 8.20. The number of hydrogen-bond donors (Lipinski definition) is 2. The van der Waals surface area contributed by atoms with Gasteiger partial charge in [-0.05, 0) is 25.1 Å². The topological polar surface area (TPSA) is 33.3 Å². The van der Waals surface area contributed by atoms with Crippen molar-refractivity contribution < 1.29 is 13.5 Å². The number of anilines is 1. The van der Waals surface area contributed by atoms with Crippen molar-refractivity contribution in [1.82, 2.24) is 5.32 Å². The lowest BCUT2D eigenvalue weighted by molar-refractivity contribution is 0.151. The molecule has 1 saturated heterocycles. The van der Waals surface area contributed by atoms with Gasteiger partial charge in [0, 0.05) is 18.2 Å². The second-order valence-corrected chi connectivity index (χ2v) is 4.09. The maximum Gasteiger partial charge on any atom is 0.263 e. The van der Waals surface area contributed by atoms with Crippen LogP contribution in [0.1, 0.15) is 18.4 Å². The van der Waals surface area contributed by atoms with Crippen molar-refractivity contribution in [3.63, 3.8) is 0 Å². The number of rotatable bonds is 4. The van der Waals surface area contributed by atoms with Crippen LogP contribution in [0, 0.1) is 0 Å². The van der Waals surface area contributed by atoms with Crippen LogP contribution in [0.3, 0.4) is 0 Å². The number of nitrogens with one attached hydrogen (secondary N) is 2. The third-order valence-electron chi connectivity index (χ3n) is 2.90. The highest BCUT2D eigenvalue weighted by Crippen LogP contribution is 2.30. The monoisotopic (exact) mass is 242 g/mol. The fourth-order valence-electron chi connectivity index (χ4n) is 1.96. The summed E-state index contributed by atoms with van der Waals surface area (Å²) < 4.78 is 30.2. The van der Waals surface area contributed by atoms with Gasteiger partial charge in [-0.1, -0.05) is 6.07 Å². The molecule has 1 aromatic rings. The summed E-state index contributed by atoms with van der Waals surface area (Å²) in [6.45, 7) is 1.87. The molecule has 1 aromatic carbocycles. The van der Waals surface area contributed by atoms with E-state index in [1.54, 1.807) is 6.07 Å². The summed E-state index contributed by atoms with van der Waals surface area (Å²) in [5, 5.41) is 6.53. The van der Waals surface area contributed by atoms with Crippen molar-refractivity contribution in [3.05, 3.63) is 23.8 Å². The molecular weight excluding hydrogens is 226 g/mol. The molecule has 2 N–H and O–H groups in total. The highest BCUT2D eigenvalue weighted by Gasteiger charge is 2.17. The second-order valence-electron chi connectivity index (χ2n) is 4.09. The first-order valence-corrected chi connectivity index (χ1v) is 5.64. The second kappa shape index (κ2) is 5.31. The van der Waals surface area contributed by atoms with E-state index in [0.717, 1.165) is 25.2 Å². The summed E-state index contributed by atoms with van der Waals surface area (Å²) in [5.74, 6) is 0.467. The van der Waals surface area contributed by atoms with Gasteiger partial charge in [-0.25, -0.2) is 8.78 Å². The van der Waals surface area contributed by atoms with Gasteiger partial charge in [-0.2, -0.15) is 0 Å². The molecule has 1 atom stereocenters. The van der Waals surface area contributed by atoms with E-state index in [4.69, 9.17) is 4.74 Å². The standard InChI is InChI=1S/C12H16F2N2O/c1-17-11-6-8(12(13)14)2-3-10(11)16-9-4-5-15-7-9/h2-3,6,9,12,15-16H,4-5,7H2,1H3. The average Bonchev–Trinajstić information content (AvgIpc) is 2.82. The van der Waals surface area contributed by atoms with E-state index in [1.165, 1.54) is 19.2 Å². The molecule has 1 unspecified atom stereocenters. The third-order valence-corrected chi connectivity index (χ3v) is 2.90. The Morgan fingerprint density at radius 2 is 2.29 bits per heavy atom. The molecule has 17 heavy (non-hydrogen) atoms. The maximum absolute atomic E-state index is 12.5. The van der Waals surface area contributed by atoms with Crippen LogP contribution < -0.4 is 15.4 Å². The molecule has 0 amide bonds. The smallest absolute Gasteiger partial charge is 0.263 e. The number of ether oxygens (including phenoxy) is 1. The van der Waals surface area contributed by atoms with Gasteiger partial charge < -0.3 is 15.4 Å². The molecule has 94 valence electrons. The van der Waals surface area contributed by atoms with E-state index in [-0.39, 0.29) is 5.56 Å². The number of methoxy groups -OCH3 is 1. The highest BCUT2D eigenvalue weighted by molar-refractivity contribution is 5.58. The summed E-state index contributed by atoms with van der Waals surface area (Å²) in [6, 6.07) is 4.80. The molecule has 2 rings (SSSR count). The lowest BCUT2D eigenvalue weighted by atomic mass is 10.1. The highest BCUT2D eigenvalue weighted by atomic mass is 19.3. The Morgan fingerprint density at radius 3 is 2.88 bits per heavy atom. The Hall–Kier alpha value is -1.36. The normalized spacial score (nSPS) is 19.6. The van der Waals surface area contributed by atoms with E-state index in [9.17, 15) is 8.78 Å². The molecule has 1 aliphatic heterocycles. The van der Waals surface area contributed by atoms with Crippen molar-refractivity contribution in [2.45, 2.75) is 18.9 Å². The molecule has 0 spiro atoms. The minimum absolute atomic E-state index is 0.0167. The van der Waals surface area contributed by atoms with Crippen LogP contribution in [0.4, 0.5) is 14.5 Å². The van der Waals surface area contributed by atoms with Crippen molar-refractivity contribution >= 4 is 5.69 Å². The molecule has 1 fully saturated rings. The SMILES string of the molecule is COc1cc(C(F)F)ccc1NC1CCNC1. The Kier molecular flexibility index (Phi) is 3.78.